The molecule has 140 valence electrons. The average Bonchev–Trinajstić information content (AvgIpc) is 3.46. The quantitative estimate of drug-likeness (QED) is 0.634. The Labute approximate surface area is 165 Å². The van der Waals surface area contributed by atoms with E-state index in [1.54, 1.807) is 0 Å². The van der Waals surface area contributed by atoms with Crippen molar-refractivity contribution in [2.45, 2.75) is 63.5 Å². The number of halogens is 1. The zero-order valence-electron chi connectivity index (χ0n) is 15.4. The first-order valence-electron chi connectivity index (χ1n) is 9.79. The van der Waals surface area contributed by atoms with Crippen LogP contribution in [0, 0.1) is 4.77 Å². The number of hydrogen-bond donors (Lipinski definition) is 0. The fourth-order valence-corrected chi connectivity index (χ4v) is 4.44. The summed E-state index contributed by atoms with van der Waals surface area (Å²) in [5.74, 6) is 1.63. The maximum atomic E-state index is 6.09. The monoisotopic (exact) mass is 390 g/mol. The zero-order chi connectivity index (χ0) is 18.1. The Bertz CT molecular complexity index is 800. The molecule has 0 unspecified atom stereocenters. The molecular weight excluding hydrogens is 364 g/mol. The van der Waals surface area contributed by atoms with Gasteiger partial charge in [-0.1, -0.05) is 30.9 Å². The number of aromatic nitrogens is 3. The minimum absolute atomic E-state index is 0.503. The molecule has 0 saturated heterocycles. The summed E-state index contributed by atoms with van der Waals surface area (Å²) in [6.45, 7) is 1.85. The van der Waals surface area contributed by atoms with Gasteiger partial charge in [-0.25, -0.2) is 4.68 Å². The highest BCUT2D eigenvalue weighted by Gasteiger charge is 2.27. The normalized spacial score (nSPS) is 18.6. The van der Waals surface area contributed by atoms with Gasteiger partial charge < -0.3 is 4.90 Å². The van der Waals surface area contributed by atoms with Crippen LogP contribution in [0.5, 0.6) is 0 Å². The summed E-state index contributed by atoms with van der Waals surface area (Å²) < 4.78 is 5.02. The first-order valence-corrected chi connectivity index (χ1v) is 10.6. The van der Waals surface area contributed by atoms with Crippen molar-refractivity contribution in [3.05, 3.63) is 39.9 Å². The lowest BCUT2D eigenvalue weighted by Crippen LogP contribution is -2.25. The maximum Gasteiger partial charge on any atom is 0.202 e. The second-order valence-corrected chi connectivity index (χ2v) is 8.52. The molecule has 0 aliphatic heterocycles. The molecule has 0 amide bonds. The van der Waals surface area contributed by atoms with Crippen molar-refractivity contribution in [2.75, 3.05) is 13.6 Å². The van der Waals surface area contributed by atoms with Gasteiger partial charge in [0.25, 0.3) is 0 Å². The van der Waals surface area contributed by atoms with Gasteiger partial charge in [-0.05, 0) is 69.2 Å². The molecule has 0 N–H and O–H groups in total. The molecule has 0 bridgehead atoms. The summed E-state index contributed by atoms with van der Waals surface area (Å²) in [4.78, 5) is 2.43. The number of benzene rings is 1. The lowest BCUT2D eigenvalue weighted by molar-refractivity contribution is 0.301. The lowest BCUT2D eigenvalue weighted by Gasteiger charge is -2.21. The highest BCUT2D eigenvalue weighted by atomic mass is 35.5. The van der Waals surface area contributed by atoms with Gasteiger partial charge >= 0.3 is 0 Å². The second-order valence-electron chi connectivity index (χ2n) is 7.72. The van der Waals surface area contributed by atoms with Crippen LogP contribution in [0.4, 0.5) is 0 Å². The van der Waals surface area contributed by atoms with Gasteiger partial charge in [-0.2, -0.15) is 5.10 Å². The summed E-state index contributed by atoms with van der Waals surface area (Å²) >= 11 is 11.9. The molecule has 26 heavy (non-hydrogen) atoms. The van der Waals surface area contributed by atoms with E-state index >= 15 is 0 Å². The SMILES string of the molecule is CN(CCn1nc(C2CCCCC2)n(-c2ccc(Cl)cc2)c1=S)C1CC1. The summed E-state index contributed by atoms with van der Waals surface area (Å²) in [7, 11) is 2.21. The van der Waals surface area contributed by atoms with Crippen molar-refractivity contribution < 1.29 is 0 Å². The molecule has 2 aliphatic carbocycles. The smallest absolute Gasteiger partial charge is 0.202 e. The van der Waals surface area contributed by atoms with Crippen molar-refractivity contribution in [1.82, 2.24) is 19.2 Å². The molecule has 0 spiro atoms. The number of rotatable bonds is 6. The van der Waals surface area contributed by atoms with Crippen molar-refractivity contribution in [2.24, 2.45) is 0 Å². The minimum atomic E-state index is 0.503. The topological polar surface area (TPSA) is 26.0 Å². The Hall–Kier alpha value is -1.17. The van der Waals surface area contributed by atoms with E-state index in [1.807, 2.05) is 28.9 Å². The largest absolute Gasteiger partial charge is 0.302 e. The Morgan fingerprint density at radius 2 is 1.81 bits per heavy atom. The van der Waals surface area contributed by atoms with Gasteiger partial charge in [-0.15, -0.1) is 0 Å². The van der Waals surface area contributed by atoms with Crippen molar-refractivity contribution in [3.63, 3.8) is 0 Å². The summed E-state index contributed by atoms with van der Waals surface area (Å²) in [6, 6.07) is 8.73. The van der Waals surface area contributed by atoms with E-state index < -0.39 is 0 Å². The van der Waals surface area contributed by atoms with E-state index in [-0.39, 0.29) is 0 Å². The third-order valence-electron chi connectivity index (χ3n) is 5.75. The van der Waals surface area contributed by atoms with Gasteiger partial charge in [0.2, 0.25) is 4.77 Å². The van der Waals surface area contributed by atoms with E-state index in [9.17, 15) is 0 Å². The first-order chi connectivity index (χ1) is 12.6. The third kappa shape index (κ3) is 3.90. The number of nitrogens with zero attached hydrogens (tertiary/aromatic N) is 4. The predicted molar refractivity (Wildman–Crippen MR) is 109 cm³/mol. The molecule has 2 aromatic rings. The molecule has 1 heterocycles. The van der Waals surface area contributed by atoms with Crippen LogP contribution in [0.3, 0.4) is 0 Å². The Kier molecular flexibility index (Phi) is 5.48. The van der Waals surface area contributed by atoms with E-state index in [4.69, 9.17) is 28.9 Å². The Morgan fingerprint density at radius 1 is 1.12 bits per heavy atom. The standard InChI is InChI=1S/C20H27ClN4S/c1-23(17-11-12-17)13-14-24-20(26)25(18-9-7-16(21)8-10-18)19(22-24)15-5-3-2-4-6-15/h7-10,15,17H,2-6,11-14H2,1H3. The highest BCUT2D eigenvalue weighted by molar-refractivity contribution is 7.71. The predicted octanol–water partition coefficient (Wildman–Crippen LogP) is 5.20. The minimum Gasteiger partial charge on any atom is -0.302 e. The second kappa shape index (κ2) is 7.83. The molecule has 1 aromatic carbocycles. The molecule has 4 nitrogen and oxygen atoms in total. The van der Waals surface area contributed by atoms with Crippen molar-refractivity contribution >= 4 is 23.8 Å². The molecule has 0 radical (unpaired) electrons. The molecule has 1 aromatic heterocycles. The van der Waals surface area contributed by atoms with Crippen LogP contribution in [0.25, 0.3) is 5.69 Å². The van der Waals surface area contributed by atoms with E-state index in [2.05, 4.69) is 16.5 Å². The van der Waals surface area contributed by atoms with Crippen LogP contribution in [-0.2, 0) is 6.54 Å². The van der Waals surface area contributed by atoms with Gasteiger partial charge in [0.15, 0.2) is 0 Å². The molecule has 0 atom stereocenters. The summed E-state index contributed by atoms with van der Waals surface area (Å²) in [5.41, 5.74) is 1.07. The molecular formula is C20H27ClN4S. The van der Waals surface area contributed by atoms with Gasteiger partial charge in [-0.3, -0.25) is 4.57 Å². The Balaban J connectivity index is 1.66. The zero-order valence-corrected chi connectivity index (χ0v) is 17.0. The van der Waals surface area contributed by atoms with Crippen LogP contribution in [-0.4, -0.2) is 38.9 Å². The van der Waals surface area contributed by atoms with Gasteiger partial charge in [0.05, 0.1) is 6.54 Å². The lowest BCUT2D eigenvalue weighted by atomic mass is 9.88. The van der Waals surface area contributed by atoms with E-state index in [0.29, 0.717) is 5.92 Å². The van der Waals surface area contributed by atoms with E-state index in [0.717, 1.165) is 40.4 Å². The summed E-state index contributed by atoms with van der Waals surface area (Å²) in [5, 5.41) is 5.75. The fraction of sp³-hybridized carbons (Fsp3) is 0.600. The van der Waals surface area contributed by atoms with Gasteiger partial charge in [0, 0.05) is 29.2 Å². The van der Waals surface area contributed by atoms with Crippen LogP contribution in [0.1, 0.15) is 56.7 Å². The Morgan fingerprint density at radius 3 is 2.46 bits per heavy atom. The number of likely N-dealkylation sites (N-methyl/N-ethyl adjacent to an activating group) is 1. The fourth-order valence-electron chi connectivity index (χ4n) is 3.98. The molecule has 2 aliphatic rings. The van der Waals surface area contributed by atoms with Crippen molar-refractivity contribution in [3.8, 4) is 5.69 Å². The molecule has 2 saturated carbocycles. The van der Waals surface area contributed by atoms with Crippen molar-refractivity contribution in [1.29, 1.82) is 0 Å². The van der Waals surface area contributed by atoms with Crippen LogP contribution in [0.15, 0.2) is 24.3 Å². The molecule has 6 heteroatoms. The van der Waals surface area contributed by atoms with Crippen LogP contribution >= 0.6 is 23.8 Å². The van der Waals surface area contributed by atoms with Gasteiger partial charge in [0.1, 0.15) is 5.82 Å². The van der Waals surface area contributed by atoms with E-state index in [1.165, 1.54) is 44.9 Å². The summed E-state index contributed by atoms with van der Waals surface area (Å²) in [6.07, 6.45) is 8.99. The average molecular weight is 391 g/mol. The highest BCUT2D eigenvalue weighted by Crippen LogP contribution is 2.33. The van der Waals surface area contributed by atoms with Crippen LogP contribution in [0.2, 0.25) is 5.02 Å². The number of hydrogen-bond acceptors (Lipinski definition) is 3. The third-order valence-corrected chi connectivity index (χ3v) is 6.40. The molecule has 2 fully saturated rings. The molecule has 4 rings (SSSR count). The van der Waals surface area contributed by atoms with Crippen LogP contribution < -0.4 is 0 Å². The maximum absolute atomic E-state index is 6.09. The first kappa shape index (κ1) is 18.2.